The quantitative estimate of drug-likeness (QED) is 0.731. The SMILES string of the molecule is CC(C)NC(=O)N1CCC2(CC1)NC(Cc1ccccc1)C(=O)N2CCc1ccccn1. The number of piperidine rings is 1. The van der Waals surface area contributed by atoms with E-state index in [1.165, 1.54) is 0 Å². The smallest absolute Gasteiger partial charge is 0.317 e. The molecule has 170 valence electrons. The fourth-order valence-electron chi connectivity index (χ4n) is 4.78. The van der Waals surface area contributed by atoms with E-state index in [0.29, 0.717) is 32.5 Å². The van der Waals surface area contributed by atoms with Gasteiger partial charge < -0.3 is 15.1 Å². The lowest BCUT2D eigenvalue weighted by molar-refractivity contribution is -0.133. The lowest BCUT2D eigenvalue weighted by atomic mass is 9.95. The summed E-state index contributed by atoms with van der Waals surface area (Å²) in [5.74, 6) is 0.143. The first-order chi connectivity index (χ1) is 15.5. The van der Waals surface area contributed by atoms with Crippen LogP contribution in [0.1, 0.15) is 37.9 Å². The Balaban J connectivity index is 1.49. The minimum atomic E-state index is -0.417. The Morgan fingerprint density at radius 3 is 2.53 bits per heavy atom. The zero-order valence-electron chi connectivity index (χ0n) is 19.0. The van der Waals surface area contributed by atoms with E-state index in [1.807, 2.05) is 60.0 Å². The Hall–Kier alpha value is -2.93. The highest BCUT2D eigenvalue weighted by Gasteiger charge is 2.51. The number of amides is 3. The molecule has 2 aliphatic rings. The molecule has 2 saturated heterocycles. The number of likely N-dealkylation sites (tertiary alicyclic amines) is 1. The Bertz CT molecular complexity index is 910. The first-order valence-corrected chi connectivity index (χ1v) is 11.6. The maximum Gasteiger partial charge on any atom is 0.317 e. The van der Waals surface area contributed by atoms with Crippen LogP contribution in [0.2, 0.25) is 0 Å². The van der Waals surface area contributed by atoms with Crippen molar-refractivity contribution in [3.05, 3.63) is 66.0 Å². The first-order valence-electron chi connectivity index (χ1n) is 11.6. The molecule has 0 saturated carbocycles. The Labute approximate surface area is 190 Å². The van der Waals surface area contributed by atoms with Gasteiger partial charge in [0.05, 0.1) is 11.7 Å². The Morgan fingerprint density at radius 1 is 1.16 bits per heavy atom. The number of hydrogen-bond acceptors (Lipinski definition) is 4. The standard InChI is InChI=1S/C25H33N5O2/c1-19(2)27-24(32)29-16-12-25(13-17-29)28-22(18-20-8-4-3-5-9-20)23(31)30(25)15-11-21-10-6-7-14-26-21/h3-10,14,19,22,28H,11-13,15-18H2,1-2H3,(H,27,32). The van der Waals surface area contributed by atoms with Crippen molar-refractivity contribution in [2.45, 2.75) is 57.3 Å². The van der Waals surface area contributed by atoms with Gasteiger partial charge in [0.1, 0.15) is 0 Å². The van der Waals surface area contributed by atoms with Gasteiger partial charge in [0, 0.05) is 56.8 Å². The molecule has 2 aliphatic heterocycles. The van der Waals surface area contributed by atoms with Crippen molar-refractivity contribution in [1.82, 2.24) is 25.4 Å². The summed E-state index contributed by atoms with van der Waals surface area (Å²) in [6, 6.07) is 15.9. The van der Waals surface area contributed by atoms with Gasteiger partial charge in [-0.25, -0.2) is 4.79 Å². The molecule has 3 amide bonds. The Kier molecular flexibility index (Phi) is 6.74. The molecule has 1 aromatic heterocycles. The highest BCUT2D eigenvalue weighted by Crippen LogP contribution is 2.33. The van der Waals surface area contributed by atoms with Crippen LogP contribution in [0, 0.1) is 0 Å². The Morgan fingerprint density at radius 2 is 1.88 bits per heavy atom. The third-order valence-electron chi connectivity index (χ3n) is 6.41. The summed E-state index contributed by atoms with van der Waals surface area (Å²) in [7, 11) is 0. The van der Waals surface area contributed by atoms with Gasteiger partial charge in [0.15, 0.2) is 0 Å². The van der Waals surface area contributed by atoms with Crippen molar-refractivity contribution in [2.24, 2.45) is 0 Å². The molecule has 7 nitrogen and oxygen atoms in total. The van der Waals surface area contributed by atoms with Crippen LogP contribution in [0.15, 0.2) is 54.7 Å². The number of carbonyl (C=O) groups excluding carboxylic acids is 2. The molecule has 1 aromatic carbocycles. The van der Waals surface area contributed by atoms with Crippen molar-refractivity contribution in [2.75, 3.05) is 19.6 Å². The average Bonchev–Trinajstić information content (AvgIpc) is 3.04. The summed E-state index contributed by atoms with van der Waals surface area (Å²) in [4.78, 5) is 34.3. The van der Waals surface area contributed by atoms with Gasteiger partial charge in [0.2, 0.25) is 5.91 Å². The van der Waals surface area contributed by atoms with Gasteiger partial charge in [-0.2, -0.15) is 0 Å². The van der Waals surface area contributed by atoms with Crippen LogP contribution in [0.5, 0.6) is 0 Å². The van der Waals surface area contributed by atoms with Crippen LogP contribution in [-0.2, 0) is 17.6 Å². The molecular formula is C25H33N5O2. The van der Waals surface area contributed by atoms with Gasteiger partial charge >= 0.3 is 6.03 Å². The number of aromatic nitrogens is 1. The zero-order valence-corrected chi connectivity index (χ0v) is 19.0. The maximum atomic E-state index is 13.5. The van der Waals surface area contributed by atoms with E-state index < -0.39 is 5.66 Å². The number of urea groups is 1. The molecule has 1 spiro atoms. The van der Waals surface area contributed by atoms with E-state index in [2.05, 4.69) is 27.8 Å². The van der Waals surface area contributed by atoms with E-state index in [9.17, 15) is 9.59 Å². The summed E-state index contributed by atoms with van der Waals surface area (Å²) < 4.78 is 0. The van der Waals surface area contributed by atoms with Gasteiger partial charge in [-0.3, -0.25) is 15.1 Å². The summed E-state index contributed by atoms with van der Waals surface area (Å²) in [5.41, 5.74) is 1.71. The van der Waals surface area contributed by atoms with Crippen LogP contribution in [0.4, 0.5) is 4.79 Å². The number of nitrogens with one attached hydrogen (secondary N) is 2. The predicted octanol–water partition coefficient (Wildman–Crippen LogP) is 2.58. The van der Waals surface area contributed by atoms with Gasteiger partial charge in [-0.15, -0.1) is 0 Å². The summed E-state index contributed by atoms with van der Waals surface area (Å²) in [6.07, 6.45) is 4.61. The largest absolute Gasteiger partial charge is 0.336 e. The van der Waals surface area contributed by atoms with Crippen molar-refractivity contribution in [3.8, 4) is 0 Å². The molecule has 4 rings (SSSR count). The molecule has 1 unspecified atom stereocenters. The van der Waals surface area contributed by atoms with Crippen molar-refractivity contribution < 1.29 is 9.59 Å². The third kappa shape index (κ3) is 4.93. The lowest BCUT2D eigenvalue weighted by Gasteiger charge is -2.44. The molecule has 0 bridgehead atoms. The number of pyridine rings is 1. The van der Waals surface area contributed by atoms with Crippen molar-refractivity contribution >= 4 is 11.9 Å². The molecular weight excluding hydrogens is 402 g/mol. The second-order valence-corrected chi connectivity index (χ2v) is 9.07. The molecule has 2 fully saturated rings. The number of hydrogen-bond donors (Lipinski definition) is 2. The molecule has 3 heterocycles. The van der Waals surface area contributed by atoms with E-state index in [4.69, 9.17) is 0 Å². The molecule has 2 aromatic rings. The summed E-state index contributed by atoms with van der Waals surface area (Å²) >= 11 is 0. The molecule has 7 heteroatoms. The second-order valence-electron chi connectivity index (χ2n) is 9.07. The van der Waals surface area contributed by atoms with Gasteiger partial charge in [-0.1, -0.05) is 36.4 Å². The summed E-state index contributed by atoms with van der Waals surface area (Å²) in [5, 5.41) is 6.67. The first kappa shape index (κ1) is 22.3. The molecule has 2 N–H and O–H groups in total. The van der Waals surface area contributed by atoms with E-state index in [1.54, 1.807) is 6.20 Å². The fraction of sp³-hybridized carbons (Fsp3) is 0.480. The van der Waals surface area contributed by atoms with Gasteiger partial charge in [-0.05, 0) is 38.0 Å². The third-order valence-corrected chi connectivity index (χ3v) is 6.41. The number of benzene rings is 1. The van der Waals surface area contributed by atoms with E-state index in [0.717, 1.165) is 24.1 Å². The van der Waals surface area contributed by atoms with Crippen LogP contribution >= 0.6 is 0 Å². The molecule has 0 radical (unpaired) electrons. The second kappa shape index (κ2) is 9.69. The minimum Gasteiger partial charge on any atom is -0.336 e. The predicted molar refractivity (Wildman–Crippen MR) is 124 cm³/mol. The van der Waals surface area contributed by atoms with Crippen molar-refractivity contribution in [3.63, 3.8) is 0 Å². The van der Waals surface area contributed by atoms with E-state index >= 15 is 0 Å². The number of carbonyl (C=O) groups is 2. The number of nitrogens with zero attached hydrogens (tertiary/aromatic N) is 3. The van der Waals surface area contributed by atoms with Crippen LogP contribution in [0.3, 0.4) is 0 Å². The van der Waals surface area contributed by atoms with Crippen molar-refractivity contribution in [1.29, 1.82) is 0 Å². The minimum absolute atomic E-state index is 0.0277. The molecule has 32 heavy (non-hydrogen) atoms. The van der Waals surface area contributed by atoms with Gasteiger partial charge in [0.25, 0.3) is 0 Å². The topological polar surface area (TPSA) is 77.6 Å². The van der Waals surface area contributed by atoms with Crippen LogP contribution in [0.25, 0.3) is 0 Å². The molecule has 1 atom stereocenters. The zero-order chi connectivity index (χ0) is 22.6. The number of rotatable bonds is 6. The van der Waals surface area contributed by atoms with E-state index in [-0.39, 0.29) is 24.0 Å². The lowest BCUT2D eigenvalue weighted by Crippen LogP contribution is -2.61. The summed E-state index contributed by atoms with van der Waals surface area (Å²) in [6.45, 7) is 5.79. The van der Waals surface area contributed by atoms with Crippen LogP contribution < -0.4 is 10.6 Å². The van der Waals surface area contributed by atoms with Crippen LogP contribution in [-0.4, -0.2) is 64.1 Å². The maximum absolute atomic E-state index is 13.5. The normalized spacial score (nSPS) is 20.2. The molecule has 0 aliphatic carbocycles. The highest BCUT2D eigenvalue weighted by molar-refractivity contribution is 5.85. The monoisotopic (exact) mass is 435 g/mol. The highest BCUT2D eigenvalue weighted by atomic mass is 16.2. The fourth-order valence-corrected chi connectivity index (χ4v) is 4.78. The average molecular weight is 436 g/mol.